The quantitative estimate of drug-likeness (QED) is 0.414. The molecule has 0 aliphatic carbocycles. The van der Waals surface area contributed by atoms with Crippen molar-refractivity contribution in [1.29, 1.82) is 0 Å². The first-order chi connectivity index (χ1) is 14.9. The number of hydrogen-bond acceptors (Lipinski definition) is 6. The van der Waals surface area contributed by atoms with E-state index in [2.05, 4.69) is 59.6 Å². The second-order valence-electron chi connectivity index (χ2n) is 7.72. The van der Waals surface area contributed by atoms with Gasteiger partial charge < -0.3 is 19.6 Å². The summed E-state index contributed by atoms with van der Waals surface area (Å²) in [5.41, 5.74) is 2.27. The molecule has 1 aromatic carbocycles. The van der Waals surface area contributed by atoms with Gasteiger partial charge in [0.2, 0.25) is 0 Å². The van der Waals surface area contributed by atoms with Crippen molar-refractivity contribution in [1.82, 2.24) is 40.1 Å². The maximum atomic E-state index is 5.80. The fraction of sp³-hybridized carbons (Fsp3) is 0.429. The monoisotopic (exact) mass is 406 g/mol. The molecule has 4 heterocycles. The Labute approximate surface area is 174 Å². The number of tetrazole rings is 1. The molecule has 1 saturated heterocycles. The average molecular weight is 406 g/mol. The molecule has 156 valence electrons. The number of hydrogen-bond donors (Lipinski definition) is 2. The summed E-state index contributed by atoms with van der Waals surface area (Å²) in [6.45, 7) is 3.25. The van der Waals surface area contributed by atoms with Crippen molar-refractivity contribution in [3.63, 3.8) is 0 Å². The average Bonchev–Trinajstić information content (AvgIpc) is 3.56. The lowest BCUT2D eigenvalue weighted by molar-refractivity contribution is 0.0923. The number of nitrogens with one attached hydrogen (secondary N) is 2. The van der Waals surface area contributed by atoms with Crippen molar-refractivity contribution in [3.8, 4) is 0 Å². The van der Waals surface area contributed by atoms with E-state index in [1.54, 1.807) is 0 Å². The maximum Gasteiger partial charge on any atom is 0.172 e. The van der Waals surface area contributed by atoms with Crippen LogP contribution in [0.2, 0.25) is 0 Å². The van der Waals surface area contributed by atoms with E-state index in [1.807, 2.05) is 29.6 Å². The van der Waals surface area contributed by atoms with Gasteiger partial charge in [0.15, 0.2) is 5.82 Å². The highest BCUT2D eigenvalue weighted by Crippen LogP contribution is 2.25. The third-order valence-electron chi connectivity index (χ3n) is 5.63. The van der Waals surface area contributed by atoms with Crippen LogP contribution in [-0.4, -0.2) is 54.0 Å². The second kappa shape index (κ2) is 8.76. The van der Waals surface area contributed by atoms with Crippen molar-refractivity contribution in [2.45, 2.75) is 44.5 Å². The highest BCUT2D eigenvalue weighted by molar-refractivity contribution is 5.80. The fourth-order valence-corrected chi connectivity index (χ4v) is 4.07. The SMILES string of the molecule is c1cn(CCCNC(c2ccc3[nH]ccc3c2)c2nnnn2CC2CCCO2)cn1. The summed E-state index contributed by atoms with van der Waals surface area (Å²) in [6.07, 6.45) is 10.9. The lowest BCUT2D eigenvalue weighted by Gasteiger charge is -2.20. The van der Waals surface area contributed by atoms with E-state index >= 15 is 0 Å². The van der Waals surface area contributed by atoms with Gasteiger partial charge in [-0.25, -0.2) is 9.67 Å². The van der Waals surface area contributed by atoms with E-state index in [1.165, 1.54) is 5.39 Å². The molecule has 0 amide bonds. The maximum absolute atomic E-state index is 5.80. The van der Waals surface area contributed by atoms with Gasteiger partial charge in [0.25, 0.3) is 0 Å². The number of fused-ring (bicyclic) bond motifs is 1. The zero-order chi connectivity index (χ0) is 20.2. The van der Waals surface area contributed by atoms with E-state index in [0.717, 1.165) is 55.9 Å². The van der Waals surface area contributed by atoms with Gasteiger partial charge >= 0.3 is 0 Å². The molecule has 9 heteroatoms. The first-order valence-corrected chi connectivity index (χ1v) is 10.5. The molecule has 4 aromatic rings. The fourth-order valence-electron chi connectivity index (χ4n) is 4.07. The van der Waals surface area contributed by atoms with Crippen LogP contribution in [0.3, 0.4) is 0 Å². The van der Waals surface area contributed by atoms with Gasteiger partial charge in [0.05, 0.1) is 25.0 Å². The Bertz CT molecular complexity index is 1060. The predicted octanol–water partition coefficient (Wildman–Crippen LogP) is 2.30. The van der Waals surface area contributed by atoms with E-state index in [4.69, 9.17) is 4.74 Å². The summed E-state index contributed by atoms with van der Waals surface area (Å²) < 4.78 is 9.79. The van der Waals surface area contributed by atoms with Crippen molar-refractivity contribution in [3.05, 3.63) is 60.6 Å². The molecular formula is C21H26N8O. The number of H-pyrrole nitrogens is 1. The summed E-state index contributed by atoms with van der Waals surface area (Å²) in [6, 6.07) is 8.44. The minimum atomic E-state index is -0.0940. The molecule has 2 unspecified atom stereocenters. The number of rotatable bonds is 9. The molecule has 30 heavy (non-hydrogen) atoms. The highest BCUT2D eigenvalue weighted by atomic mass is 16.5. The van der Waals surface area contributed by atoms with Crippen LogP contribution in [0.5, 0.6) is 0 Å². The van der Waals surface area contributed by atoms with E-state index in [0.29, 0.717) is 6.54 Å². The van der Waals surface area contributed by atoms with Gasteiger partial charge in [-0.15, -0.1) is 5.10 Å². The zero-order valence-corrected chi connectivity index (χ0v) is 16.8. The lowest BCUT2D eigenvalue weighted by Crippen LogP contribution is -2.29. The summed E-state index contributed by atoms with van der Waals surface area (Å²) in [5.74, 6) is 0.822. The molecule has 5 rings (SSSR count). The Balaban J connectivity index is 1.37. The van der Waals surface area contributed by atoms with Gasteiger partial charge in [-0.05, 0) is 65.4 Å². The molecule has 1 fully saturated rings. The third kappa shape index (κ3) is 4.12. The molecule has 9 nitrogen and oxygen atoms in total. The van der Waals surface area contributed by atoms with Crippen LogP contribution in [0.1, 0.15) is 36.7 Å². The largest absolute Gasteiger partial charge is 0.376 e. The predicted molar refractivity (Wildman–Crippen MR) is 112 cm³/mol. The molecule has 1 aliphatic heterocycles. The van der Waals surface area contributed by atoms with E-state index in [-0.39, 0.29) is 12.1 Å². The van der Waals surface area contributed by atoms with Gasteiger partial charge in [0, 0.05) is 37.3 Å². The molecule has 2 atom stereocenters. The van der Waals surface area contributed by atoms with Crippen molar-refractivity contribution < 1.29 is 4.74 Å². The van der Waals surface area contributed by atoms with Crippen molar-refractivity contribution in [2.75, 3.05) is 13.2 Å². The van der Waals surface area contributed by atoms with Crippen LogP contribution in [0, 0.1) is 0 Å². The van der Waals surface area contributed by atoms with Crippen LogP contribution in [0.4, 0.5) is 0 Å². The van der Waals surface area contributed by atoms with Crippen molar-refractivity contribution >= 4 is 10.9 Å². The minimum absolute atomic E-state index is 0.0940. The van der Waals surface area contributed by atoms with E-state index in [9.17, 15) is 0 Å². The standard InChI is InChI=1S/C21H26N8O/c1-3-18(30-12-1)14-29-21(25-26-27-29)20(24-7-2-10-28-11-9-22-15-28)17-4-5-19-16(13-17)6-8-23-19/h4-6,8-9,11,13,15,18,20,23-24H,1-3,7,10,12,14H2. The van der Waals surface area contributed by atoms with Gasteiger partial charge in [-0.3, -0.25) is 0 Å². The number of aromatic nitrogens is 7. The lowest BCUT2D eigenvalue weighted by atomic mass is 10.0. The number of aromatic amines is 1. The van der Waals surface area contributed by atoms with Gasteiger partial charge in [-0.2, -0.15) is 0 Å². The van der Waals surface area contributed by atoms with Gasteiger partial charge in [-0.1, -0.05) is 6.07 Å². The molecular weight excluding hydrogens is 380 g/mol. The van der Waals surface area contributed by atoms with E-state index < -0.39 is 0 Å². The third-order valence-corrected chi connectivity index (χ3v) is 5.63. The molecule has 0 bridgehead atoms. The Hall–Kier alpha value is -3.04. The van der Waals surface area contributed by atoms with Crippen LogP contribution >= 0.6 is 0 Å². The summed E-state index contributed by atoms with van der Waals surface area (Å²) >= 11 is 0. The molecule has 0 radical (unpaired) electrons. The Morgan fingerprint density at radius 3 is 3.17 bits per heavy atom. The number of imidazole rings is 1. The Morgan fingerprint density at radius 2 is 2.30 bits per heavy atom. The second-order valence-corrected chi connectivity index (χ2v) is 7.72. The molecule has 0 saturated carbocycles. The topological polar surface area (TPSA) is 98.5 Å². The first-order valence-electron chi connectivity index (χ1n) is 10.5. The van der Waals surface area contributed by atoms with Crippen LogP contribution < -0.4 is 5.32 Å². The van der Waals surface area contributed by atoms with Gasteiger partial charge in [0.1, 0.15) is 0 Å². The molecule has 2 N–H and O–H groups in total. The molecule has 1 aliphatic rings. The Morgan fingerprint density at radius 1 is 1.30 bits per heavy atom. The summed E-state index contributed by atoms with van der Waals surface area (Å²) in [4.78, 5) is 7.36. The van der Waals surface area contributed by atoms with Crippen LogP contribution in [0.25, 0.3) is 10.9 Å². The van der Waals surface area contributed by atoms with Crippen molar-refractivity contribution in [2.24, 2.45) is 0 Å². The number of ether oxygens (including phenoxy) is 1. The summed E-state index contributed by atoms with van der Waals surface area (Å²) in [7, 11) is 0. The minimum Gasteiger partial charge on any atom is -0.376 e. The molecule has 3 aromatic heterocycles. The van der Waals surface area contributed by atoms with Crippen LogP contribution in [0.15, 0.2) is 49.2 Å². The highest BCUT2D eigenvalue weighted by Gasteiger charge is 2.24. The smallest absolute Gasteiger partial charge is 0.172 e. The number of nitrogens with zero attached hydrogens (tertiary/aromatic N) is 6. The molecule has 0 spiro atoms. The zero-order valence-electron chi connectivity index (χ0n) is 16.8. The Kier molecular flexibility index (Phi) is 5.54. The normalized spacial score (nSPS) is 17.7. The number of benzene rings is 1. The van der Waals surface area contributed by atoms with Crippen LogP contribution in [-0.2, 0) is 17.8 Å². The summed E-state index contributed by atoms with van der Waals surface area (Å²) in [5, 5.41) is 17.5. The number of aryl methyl sites for hydroxylation is 1. The first kappa shape index (κ1) is 19.0.